The van der Waals surface area contributed by atoms with Gasteiger partial charge in [-0.05, 0) is 37.8 Å². The lowest BCUT2D eigenvalue weighted by Gasteiger charge is -2.20. The molecule has 3 heteroatoms. The van der Waals surface area contributed by atoms with E-state index in [4.69, 9.17) is 0 Å². The van der Waals surface area contributed by atoms with E-state index < -0.39 is 0 Å². The maximum atomic E-state index is 4.51. The zero-order valence-corrected chi connectivity index (χ0v) is 12.3. The van der Waals surface area contributed by atoms with Crippen LogP contribution in [0.25, 0.3) is 0 Å². The second kappa shape index (κ2) is 5.70. The van der Waals surface area contributed by atoms with Crippen LogP contribution in [0.2, 0.25) is 0 Å². The Balaban J connectivity index is 1.78. The van der Waals surface area contributed by atoms with Crippen LogP contribution >= 0.6 is 0 Å². The summed E-state index contributed by atoms with van der Waals surface area (Å²) < 4.78 is 2.32. The van der Waals surface area contributed by atoms with Crippen LogP contribution in [0.5, 0.6) is 0 Å². The number of anilines is 1. The van der Waals surface area contributed by atoms with Crippen molar-refractivity contribution < 1.29 is 0 Å². The normalized spacial score (nSPS) is 17.3. The van der Waals surface area contributed by atoms with Crippen molar-refractivity contribution in [2.24, 2.45) is 0 Å². The maximum Gasteiger partial charge on any atom is 0.203 e. The molecule has 0 bridgehead atoms. The summed E-state index contributed by atoms with van der Waals surface area (Å²) in [6, 6.07) is 9.45. The molecule has 0 spiro atoms. The summed E-state index contributed by atoms with van der Waals surface area (Å²) in [5.41, 5.74) is 2.67. The number of nitrogens with one attached hydrogen (secondary N) is 1. The molecule has 1 aliphatic rings. The highest BCUT2D eigenvalue weighted by molar-refractivity contribution is 5.36. The van der Waals surface area contributed by atoms with Crippen molar-refractivity contribution in [1.29, 1.82) is 0 Å². The molecule has 0 amide bonds. The van der Waals surface area contributed by atoms with Crippen LogP contribution in [0.15, 0.2) is 36.7 Å². The van der Waals surface area contributed by atoms with E-state index in [1.165, 1.54) is 36.8 Å². The van der Waals surface area contributed by atoms with Gasteiger partial charge in [-0.1, -0.05) is 37.1 Å². The molecule has 106 valence electrons. The Morgan fingerprint density at radius 2 is 2.00 bits per heavy atom. The average molecular weight is 269 g/mol. The van der Waals surface area contributed by atoms with E-state index in [0.29, 0.717) is 6.04 Å². The molecule has 3 rings (SSSR count). The molecule has 0 radical (unpaired) electrons. The van der Waals surface area contributed by atoms with Gasteiger partial charge in [-0.3, -0.25) is 0 Å². The summed E-state index contributed by atoms with van der Waals surface area (Å²) in [7, 11) is 0. The molecule has 1 aromatic carbocycles. The molecule has 1 fully saturated rings. The Bertz CT molecular complexity index is 567. The van der Waals surface area contributed by atoms with Crippen LogP contribution in [0.4, 0.5) is 5.95 Å². The summed E-state index contributed by atoms with van der Waals surface area (Å²) in [5, 5.41) is 3.58. The predicted molar refractivity (Wildman–Crippen MR) is 82.9 cm³/mol. The van der Waals surface area contributed by atoms with Gasteiger partial charge < -0.3 is 9.88 Å². The van der Waals surface area contributed by atoms with Gasteiger partial charge in [-0.2, -0.15) is 0 Å². The molecule has 2 aromatic rings. The molecule has 1 N–H and O–H groups in total. The van der Waals surface area contributed by atoms with E-state index in [-0.39, 0.29) is 6.04 Å². The number of rotatable bonds is 4. The van der Waals surface area contributed by atoms with Crippen LogP contribution < -0.4 is 5.32 Å². The van der Waals surface area contributed by atoms with Crippen molar-refractivity contribution in [3.05, 3.63) is 47.8 Å². The third-order valence-electron chi connectivity index (χ3n) is 4.39. The third kappa shape index (κ3) is 2.58. The quantitative estimate of drug-likeness (QED) is 0.887. The Morgan fingerprint density at radius 3 is 2.75 bits per heavy atom. The number of hydrogen-bond acceptors (Lipinski definition) is 2. The van der Waals surface area contributed by atoms with E-state index in [2.05, 4.69) is 59.2 Å². The second-order valence-corrected chi connectivity index (χ2v) is 5.82. The Labute approximate surface area is 121 Å². The molecular formula is C17H23N3. The highest BCUT2D eigenvalue weighted by Crippen LogP contribution is 2.32. The Kier molecular flexibility index (Phi) is 3.77. The van der Waals surface area contributed by atoms with Gasteiger partial charge >= 0.3 is 0 Å². The third-order valence-corrected chi connectivity index (χ3v) is 4.39. The van der Waals surface area contributed by atoms with Gasteiger partial charge in [-0.15, -0.1) is 0 Å². The van der Waals surface area contributed by atoms with Gasteiger partial charge in [0.2, 0.25) is 5.95 Å². The van der Waals surface area contributed by atoms with E-state index in [1.54, 1.807) is 0 Å². The van der Waals surface area contributed by atoms with Crippen molar-refractivity contribution in [3.8, 4) is 0 Å². The van der Waals surface area contributed by atoms with Crippen molar-refractivity contribution in [1.82, 2.24) is 9.55 Å². The van der Waals surface area contributed by atoms with Crippen molar-refractivity contribution in [2.45, 2.75) is 51.6 Å². The van der Waals surface area contributed by atoms with Gasteiger partial charge in [0.05, 0.1) is 6.04 Å². The molecule has 1 unspecified atom stereocenters. The van der Waals surface area contributed by atoms with Crippen LogP contribution in [0, 0.1) is 6.92 Å². The van der Waals surface area contributed by atoms with E-state index in [0.717, 1.165) is 5.95 Å². The lowest BCUT2D eigenvalue weighted by molar-refractivity contribution is 0.521. The zero-order chi connectivity index (χ0) is 13.9. The summed E-state index contributed by atoms with van der Waals surface area (Å²) in [6.45, 7) is 4.37. The first-order valence-corrected chi connectivity index (χ1v) is 7.60. The van der Waals surface area contributed by atoms with Crippen LogP contribution in [-0.2, 0) is 0 Å². The largest absolute Gasteiger partial charge is 0.349 e. The van der Waals surface area contributed by atoms with Crippen LogP contribution in [0.1, 0.15) is 55.8 Å². The first-order valence-electron chi connectivity index (χ1n) is 7.60. The minimum atomic E-state index is 0.277. The van der Waals surface area contributed by atoms with Gasteiger partial charge in [0.15, 0.2) is 0 Å². The number of hydrogen-bond donors (Lipinski definition) is 1. The van der Waals surface area contributed by atoms with Gasteiger partial charge in [0.25, 0.3) is 0 Å². The number of aromatic nitrogens is 2. The molecule has 0 saturated heterocycles. The van der Waals surface area contributed by atoms with Crippen LogP contribution in [-0.4, -0.2) is 9.55 Å². The Hall–Kier alpha value is -1.77. The van der Waals surface area contributed by atoms with Gasteiger partial charge in [-0.25, -0.2) is 4.98 Å². The number of imidazole rings is 1. The second-order valence-electron chi connectivity index (χ2n) is 5.82. The molecule has 1 atom stereocenters. The first-order chi connectivity index (χ1) is 9.75. The molecular weight excluding hydrogens is 246 g/mol. The predicted octanol–water partition coefficient (Wildman–Crippen LogP) is 4.48. The number of nitrogens with zero attached hydrogens (tertiary/aromatic N) is 2. The standard InChI is InChI=1S/C17H23N3/c1-13-7-3-6-10-16(13)14(2)19-17-18-11-12-20(17)15-8-4-5-9-15/h3,6-7,10-12,14-15H,4-5,8-9H2,1-2H3,(H,18,19). The highest BCUT2D eigenvalue weighted by Gasteiger charge is 2.20. The summed E-state index contributed by atoms with van der Waals surface area (Å²) in [6.07, 6.45) is 9.27. The molecule has 0 aliphatic heterocycles. The van der Waals surface area contributed by atoms with Crippen molar-refractivity contribution in [3.63, 3.8) is 0 Å². The van der Waals surface area contributed by atoms with E-state index in [9.17, 15) is 0 Å². The topological polar surface area (TPSA) is 29.9 Å². The minimum absolute atomic E-state index is 0.277. The first kappa shape index (κ1) is 13.2. The van der Waals surface area contributed by atoms with Crippen molar-refractivity contribution in [2.75, 3.05) is 5.32 Å². The van der Waals surface area contributed by atoms with Crippen LogP contribution in [0.3, 0.4) is 0 Å². The SMILES string of the molecule is Cc1ccccc1C(C)Nc1nccn1C1CCCC1. The fourth-order valence-electron chi connectivity index (χ4n) is 3.25. The van der Waals surface area contributed by atoms with Gasteiger partial charge in [0, 0.05) is 18.4 Å². The fourth-order valence-corrected chi connectivity index (χ4v) is 3.25. The lowest BCUT2D eigenvalue weighted by Crippen LogP contribution is -2.14. The smallest absolute Gasteiger partial charge is 0.203 e. The van der Waals surface area contributed by atoms with Gasteiger partial charge in [0.1, 0.15) is 0 Å². The Morgan fingerprint density at radius 1 is 1.25 bits per heavy atom. The zero-order valence-electron chi connectivity index (χ0n) is 12.3. The molecule has 1 aromatic heterocycles. The molecule has 1 saturated carbocycles. The summed E-state index contributed by atoms with van der Waals surface area (Å²) in [5.74, 6) is 1.01. The monoisotopic (exact) mass is 269 g/mol. The number of benzene rings is 1. The van der Waals surface area contributed by atoms with Crippen molar-refractivity contribution >= 4 is 5.95 Å². The summed E-state index contributed by atoms with van der Waals surface area (Å²) >= 11 is 0. The minimum Gasteiger partial charge on any atom is -0.349 e. The van der Waals surface area contributed by atoms with E-state index >= 15 is 0 Å². The summed E-state index contributed by atoms with van der Waals surface area (Å²) in [4.78, 5) is 4.51. The molecule has 3 nitrogen and oxygen atoms in total. The molecule has 1 heterocycles. The van der Waals surface area contributed by atoms with E-state index in [1.807, 2.05) is 6.20 Å². The maximum absolute atomic E-state index is 4.51. The fraction of sp³-hybridized carbons (Fsp3) is 0.471. The molecule has 20 heavy (non-hydrogen) atoms. The lowest BCUT2D eigenvalue weighted by atomic mass is 10.0. The average Bonchev–Trinajstić information content (AvgIpc) is 3.09. The highest BCUT2D eigenvalue weighted by atomic mass is 15.2. The molecule has 1 aliphatic carbocycles. The number of aryl methyl sites for hydroxylation is 1.